The fraction of sp³-hybridized carbons (Fsp3) is 0.438. The van der Waals surface area contributed by atoms with Crippen LogP contribution < -0.4 is 10.9 Å². The Hall–Kier alpha value is -1.76. The lowest BCUT2D eigenvalue weighted by molar-refractivity contribution is 0.149. The van der Waals surface area contributed by atoms with E-state index in [-0.39, 0.29) is 24.0 Å². The van der Waals surface area contributed by atoms with E-state index in [1.807, 2.05) is 19.2 Å². The highest BCUT2D eigenvalue weighted by Crippen LogP contribution is 2.22. The Bertz CT molecular complexity index is 676. The molecule has 2 aromatic rings. The summed E-state index contributed by atoms with van der Waals surface area (Å²) in [5, 5.41) is 3.42. The van der Waals surface area contributed by atoms with Crippen LogP contribution in [-0.4, -0.2) is 39.5 Å². The number of aryl methyl sites for hydroxylation is 1. The van der Waals surface area contributed by atoms with Crippen molar-refractivity contribution >= 4 is 12.4 Å². The summed E-state index contributed by atoms with van der Waals surface area (Å²) >= 11 is 0. The molecule has 1 aliphatic heterocycles. The van der Waals surface area contributed by atoms with Crippen LogP contribution in [0.3, 0.4) is 0 Å². The van der Waals surface area contributed by atoms with Crippen LogP contribution in [0.1, 0.15) is 30.0 Å². The highest BCUT2D eigenvalue weighted by Gasteiger charge is 2.24. The average molecular weight is 336 g/mol. The van der Waals surface area contributed by atoms with Gasteiger partial charge < -0.3 is 10.3 Å². The Morgan fingerprint density at radius 2 is 2.30 bits per heavy atom. The van der Waals surface area contributed by atoms with E-state index >= 15 is 0 Å². The molecule has 1 saturated heterocycles. The lowest BCUT2D eigenvalue weighted by Gasteiger charge is -2.35. The van der Waals surface area contributed by atoms with Gasteiger partial charge in [0.25, 0.3) is 5.56 Å². The first-order chi connectivity index (χ1) is 10.8. The third-order valence-corrected chi connectivity index (χ3v) is 3.98. The number of piperazine rings is 1. The molecule has 23 heavy (non-hydrogen) atoms. The largest absolute Gasteiger partial charge is 0.314 e. The molecule has 1 aliphatic rings. The average Bonchev–Trinajstić information content (AvgIpc) is 2.55. The van der Waals surface area contributed by atoms with Crippen molar-refractivity contribution in [1.82, 2.24) is 25.2 Å². The topological polar surface area (TPSA) is 73.9 Å². The maximum atomic E-state index is 11.7. The molecule has 0 saturated carbocycles. The summed E-state index contributed by atoms with van der Waals surface area (Å²) in [4.78, 5) is 25.7. The third-order valence-electron chi connectivity index (χ3n) is 3.98. The monoisotopic (exact) mass is 335 g/mol. The summed E-state index contributed by atoms with van der Waals surface area (Å²) in [6.45, 7) is 5.39. The first-order valence-electron chi connectivity index (χ1n) is 7.70. The van der Waals surface area contributed by atoms with Crippen LogP contribution in [-0.2, 0) is 13.0 Å². The zero-order valence-corrected chi connectivity index (χ0v) is 14.0. The molecule has 3 rings (SSSR count). The van der Waals surface area contributed by atoms with E-state index in [9.17, 15) is 4.79 Å². The molecular formula is C16H22ClN5O. The summed E-state index contributed by atoms with van der Waals surface area (Å²) in [5.74, 6) is 0.736. The van der Waals surface area contributed by atoms with Gasteiger partial charge in [-0.25, -0.2) is 4.98 Å². The van der Waals surface area contributed by atoms with E-state index in [1.54, 1.807) is 12.3 Å². The predicted molar refractivity (Wildman–Crippen MR) is 91.7 cm³/mol. The molecule has 1 unspecified atom stereocenters. The van der Waals surface area contributed by atoms with Crippen molar-refractivity contribution in [1.29, 1.82) is 0 Å². The second kappa shape index (κ2) is 8.19. The van der Waals surface area contributed by atoms with Gasteiger partial charge >= 0.3 is 0 Å². The molecule has 7 heteroatoms. The molecule has 0 aliphatic carbocycles. The van der Waals surface area contributed by atoms with Crippen LogP contribution in [0.15, 0.2) is 35.4 Å². The van der Waals surface area contributed by atoms with E-state index in [2.05, 4.69) is 31.2 Å². The van der Waals surface area contributed by atoms with Crippen LogP contribution >= 0.6 is 12.4 Å². The molecule has 0 bridgehead atoms. The van der Waals surface area contributed by atoms with Crippen molar-refractivity contribution in [3.05, 3.63) is 58.0 Å². The standard InChI is InChI=1S/C16H21N5O.ClH/c1-2-13-8-16(22)20-15(19-13)11-21-7-6-18-10-14(21)12-4-3-5-17-9-12;/h3-5,8-9,14,18H,2,6-7,10-11H2,1H3,(H,19,20,22);1H. The zero-order valence-electron chi connectivity index (χ0n) is 13.2. The van der Waals surface area contributed by atoms with Crippen LogP contribution in [0.25, 0.3) is 0 Å². The Morgan fingerprint density at radius 1 is 1.43 bits per heavy atom. The van der Waals surface area contributed by atoms with Gasteiger partial charge in [0, 0.05) is 49.8 Å². The van der Waals surface area contributed by atoms with Gasteiger partial charge in [0.05, 0.1) is 6.54 Å². The van der Waals surface area contributed by atoms with E-state index in [1.165, 1.54) is 5.56 Å². The number of nitrogens with one attached hydrogen (secondary N) is 2. The Morgan fingerprint density at radius 3 is 3.04 bits per heavy atom. The highest BCUT2D eigenvalue weighted by molar-refractivity contribution is 5.85. The number of hydrogen-bond donors (Lipinski definition) is 2. The number of pyridine rings is 1. The Balaban J connectivity index is 0.00000192. The first kappa shape index (κ1) is 17.6. The molecule has 3 heterocycles. The second-order valence-electron chi connectivity index (χ2n) is 5.51. The second-order valence-corrected chi connectivity index (χ2v) is 5.51. The van der Waals surface area contributed by atoms with E-state index in [4.69, 9.17) is 0 Å². The molecule has 2 aromatic heterocycles. The quantitative estimate of drug-likeness (QED) is 0.881. The number of halogens is 1. The van der Waals surface area contributed by atoms with Gasteiger partial charge in [-0.1, -0.05) is 13.0 Å². The first-order valence-corrected chi connectivity index (χ1v) is 7.70. The van der Waals surface area contributed by atoms with Crippen molar-refractivity contribution in [2.45, 2.75) is 25.9 Å². The minimum Gasteiger partial charge on any atom is -0.314 e. The molecular weight excluding hydrogens is 314 g/mol. The number of rotatable bonds is 4. The number of nitrogens with zero attached hydrogens (tertiary/aromatic N) is 3. The van der Waals surface area contributed by atoms with Crippen molar-refractivity contribution in [3.63, 3.8) is 0 Å². The van der Waals surface area contributed by atoms with Gasteiger partial charge in [0.1, 0.15) is 5.82 Å². The number of hydrogen-bond acceptors (Lipinski definition) is 5. The fourth-order valence-electron chi connectivity index (χ4n) is 2.85. The summed E-state index contributed by atoms with van der Waals surface area (Å²) in [6.07, 6.45) is 4.46. The molecule has 0 radical (unpaired) electrons. The Labute approximate surface area is 141 Å². The van der Waals surface area contributed by atoms with Gasteiger partial charge in [-0.2, -0.15) is 0 Å². The fourth-order valence-corrected chi connectivity index (χ4v) is 2.85. The lowest BCUT2D eigenvalue weighted by atomic mass is 10.1. The van der Waals surface area contributed by atoms with Crippen LogP contribution in [0.2, 0.25) is 0 Å². The van der Waals surface area contributed by atoms with E-state index < -0.39 is 0 Å². The number of aromatic nitrogens is 3. The molecule has 0 spiro atoms. The maximum absolute atomic E-state index is 11.7. The van der Waals surface area contributed by atoms with Crippen molar-refractivity contribution < 1.29 is 0 Å². The van der Waals surface area contributed by atoms with Gasteiger partial charge in [-0.3, -0.25) is 14.7 Å². The third kappa shape index (κ3) is 4.37. The minimum absolute atomic E-state index is 0. The summed E-state index contributed by atoms with van der Waals surface area (Å²) < 4.78 is 0. The van der Waals surface area contributed by atoms with E-state index in [0.29, 0.717) is 6.54 Å². The maximum Gasteiger partial charge on any atom is 0.251 e. The smallest absolute Gasteiger partial charge is 0.251 e. The van der Waals surface area contributed by atoms with Crippen LogP contribution in [0.5, 0.6) is 0 Å². The molecule has 0 amide bonds. The molecule has 124 valence electrons. The van der Waals surface area contributed by atoms with Crippen molar-refractivity contribution in [2.24, 2.45) is 0 Å². The van der Waals surface area contributed by atoms with Gasteiger partial charge in [0.2, 0.25) is 0 Å². The molecule has 6 nitrogen and oxygen atoms in total. The van der Waals surface area contributed by atoms with Gasteiger partial charge in [-0.05, 0) is 18.1 Å². The predicted octanol–water partition coefficient (Wildman–Crippen LogP) is 1.30. The summed E-state index contributed by atoms with van der Waals surface area (Å²) in [6, 6.07) is 5.87. The highest BCUT2D eigenvalue weighted by atomic mass is 35.5. The van der Waals surface area contributed by atoms with Crippen LogP contribution in [0, 0.1) is 0 Å². The van der Waals surface area contributed by atoms with Gasteiger partial charge in [-0.15, -0.1) is 12.4 Å². The Kier molecular flexibility index (Phi) is 6.27. The SMILES string of the molecule is CCc1cc(=O)[nH]c(CN2CCNCC2c2cccnc2)n1.Cl. The van der Waals surface area contributed by atoms with Crippen molar-refractivity contribution in [2.75, 3.05) is 19.6 Å². The molecule has 1 atom stereocenters. The number of H-pyrrole nitrogens is 1. The zero-order chi connectivity index (χ0) is 15.4. The van der Waals surface area contributed by atoms with E-state index in [0.717, 1.165) is 37.6 Å². The molecule has 1 fully saturated rings. The van der Waals surface area contributed by atoms with Crippen molar-refractivity contribution in [3.8, 4) is 0 Å². The summed E-state index contributed by atoms with van der Waals surface area (Å²) in [7, 11) is 0. The molecule has 0 aromatic carbocycles. The lowest BCUT2D eigenvalue weighted by Crippen LogP contribution is -2.45. The number of aromatic amines is 1. The van der Waals surface area contributed by atoms with Crippen LogP contribution in [0.4, 0.5) is 0 Å². The minimum atomic E-state index is -0.0742. The molecule has 2 N–H and O–H groups in total. The van der Waals surface area contributed by atoms with Gasteiger partial charge in [0.15, 0.2) is 0 Å². The summed E-state index contributed by atoms with van der Waals surface area (Å²) in [5.41, 5.74) is 1.95. The normalized spacial score (nSPS) is 18.4.